The van der Waals surface area contributed by atoms with E-state index in [1.807, 2.05) is 17.9 Å². The van der Waals surface area contributed by atoms with E-state index in [9.17, 15) is 28.0 Å². The molecule has 2 unspecified atom stereocenters. The Morgan fingerprint density at radius 1 is 1.29 bits per heavy atom. The summed E-state index contributed by atoms with van der Waals surface area (Å²) in [6.45, 7) is 11.1. The summed E-state index contributed by atoms with van der Waals surface area (Å²) in [5, 5.41) is 13.0. The number of carbonyl (C=O) groups excluding carboxylic acids is 3. The van der Waals surface area contributed by atoms with Gasteiger partial charge in [0.2, 0.25) is 18.2 Å². The summed E-state index contributed by atoms with van der Waals surface area (Å²) >= 11 is 0. The summed E-state index contributed by atoms with van der Waals surface area (Å²) in [5.41, 5.74) is 4.96. The van der Waals surface area contributed by atoms with E-state index in [2.05, 4.69) is 47.7 Å². The molecule has 2 aromatic heterocycles. The van der Waals surface area contributed by atoms with Crippen LogP contribution in [0.1, 0.15) is 51.3 Å². The van der Waals surface area contributed by atoms with Crippen LogP contribution in [0, 0.1) is 35.0 Å². The molecular formula is C30H39F3N6O6. The molecule has 12 nitrogen and oxygen atoms in total. The highest BCUT2D eigenvalue weighted by Gasteiger charge is 2.38. The molecule has 246 valence electrons. The smallest absolute Gasteiger partial charge is 0.470 e. The molecule has 0 aliphatic carbocycles. The first-order valence-corrected chi connectivity index (χ1v) is 13.7. The van der Waals surface area contributed by atoms with Gasteiger partial charge in [-0.1, -0.05) is 26.7 Å². The number of nitriles is 1. The van der Waals surface area contributed by atoms with Gasteiger partial charge in [-0.05, 0) is 18.3 Å². The molecule has 2 aromatic rings. The van der Waals surface area contributed by atoms with Crippen LogP contribution in [0.3, 0.4) is 0 Å². The third kappa shape index (κ3) is 11.5. The number of halogens is 3. The molecule has 1 aliphatic heterocycles. The maximum Gasteiger partial charge on any atom is 0.470 e. The number of alkyl halides is 3. The second-order valence-corrected chi connectivity index (χ2v) is 10.7. The molecule has 15 heteroatoms. The number of amides is 3. The van der Waals surface area contributed by atoms with Crippen LogP contribution in [0.25, 0.3) is 10.8 Å². The predicted octanol–water partition coefficient (Wildman–Crippen LogP) is 2.90. The molecule has 0 spiro atoms. The Hall–Kier alpha value is -4.47. The Bertz CT molecular complexity index is 1390. The van der Waals surface area contributed by atoms with Crippen LogP contribution in [0.4, 0.5) is 13.2 Å². The van der Waals surface area contributed by atoms with Crippen molar-refractivity contribution in [3.8, 4) is 24.3 Å². The molecule has 3 rings (SSSR count). The summed E-state index contributed by atoms with van der Waals surface area (Å²) in [6.07, 6.45) is 6.37. The van der Waals surface area contributed by atoms with E-state index in [1.165, 1.54) is 6.20 Å². The number of aromatic nitrogens is 2. The van der Waals surface area contributed by atoms with Crippen LogP contribution >= 0.6 is 0 Å². The molecule has 3 N–H and O–H groups in total. The van der Waals surface area contributed by atoms with Gasteiger partial charge in [-0.3, -0.25) is 19.4 Å². The fourth-order valence-corrected chi connectivity index (χ4v) is 4.07. The second-order valence-electron chi connectivity index (χ2n) is 10.7. The number of carbonyl (C=O) groups is 3. The van der Waals surface area contributed by atoms with Gasteiger partial charge in [0, 0.05) is 62.2 Å². The highest BCUT2D eigenvalue weighted by molar-refractivity contribution is 5.92. The zero-order valence-electron chi connectivity index (χ0n) is 26.1. The summed E-state index contributed by atoms with van der Waals surface area (Å²) < 4.78 is 47.7. The lowest BCUT2D eigenvalue weighted by atomic mass is 9.84. The highest BCUT2D eigenvalue weighted by atomic mass is 19.4. The Balaban J connectivity index is 0.000000393. The molecular weight excluding hydrogens is 597 g/mol. The van der Waals surface area contributed by atoms with Crippen molar-refractivity contribution in [3.05, 3.63) is 29.7 Å². The minimum absolute atomic E-state index is 0.0246. The zero-order valence-corrected chi connectivity index (χ0v) is 26.1. The number of rotatable bonds is 10. The van der Waals surface area contributed by atoms with Gasteiger partial charge in [-0.2, -0.15) is 18.4 Å². The van der Waals surface area contributed by atoms with Gasteiger partial charge in [-0.25, -0.2) is 4.98 Å². The van der Waals surface area contributed by atoms with Crippen molar-refractivity contribution in [1.29, 1.82) is 5.26 Å². The average Bonchev–Trinajstić information content (AvgIpc) is 3.27. The average molecular weight is 637 g/mol. The molecule has 45 heavy (non-hydrogen) atoms. The van der Waals surface area contributed by atoms with E-state index in [0.717, 1.165) is 13.1 Å². The van der Waals surface area contributed by atoms with Crippen molar-refractivity contribution in [3.63, 3.8) is 0 Å². The number of methoxy groups -OCH3 is 2. The topological polar surface area (TPSA) is 170 Å². The SMILES string of the molecule is C#Cc1c(OCCOC)ncc2cncc(C(C#N)NC=O)c12.CO[C@H](C)CC(=O)N1CC(C)C(C)(C)C1.NC(=O)C(F)(F)F. The number of nitrogens with one attached hydrogen (secondary N) is 1. The van der Waals surface area contributed by atoms with Crippen molar-refractivity contribution < 1.29 is 41.8 Å². The molecule has 0 aromatic carbocycles. The first kappa shape index (κ1) is 38.6. The molecule has 1 fully saturated rings. The number of ether oxygens (including phenoxy) is 3. The Labute approximate surface area is 260 Å². The van der Waals surface area contributed by atoms with Crippen molar-refractivity contribution in [2.75, 3.05) is 40.5 Å². The third-order valence-electron chi connectivity index (χ3n) is 7.06. The van der Waals surface area contributed by atoms with Gasteiger partial charge in [0.05, 0.1) is 30.8 Å². The molecule has 0 radical (unpaired) electrons. The van der Waals surface area contributed by atoms with Crippen LogP contribution < -0.4 is 15.8 Å². The zero-order chi connectivity index (χ0) is 34.4. The van der Waals surface area contributed by atoms with E-state index < -0.39 is 18.1 Å². The number of fused-ring (bicyclic) bond motifs is 1. The van der Waals surface area contributed by atoms with Gasteiger partial charge in [0.15, 0.2) is 0 Å². The number of hydrogen-bond donors (Lipinski definition) is 2. The van der Waals surface area contributed by atoms with Crippen LogP contribution in [0.5, 0.6) is 5.88 Å². The standard InChI is InChI=1S/C16H14N4O3.C12H23NO2.C2H2F3NO/c1-3-12-15-11(8-19-16(12)23-5-4-22-2)7-18-9-13(15)14(6-17)20-10-21;1-9-7-13(8-12(9,3)4)11(14)6-10(2)15-5;3-2(4,5)1(6)7/h1,7-10,14H,4-5H2,2H3,(H,20,21);9-10H,6-8H2,1-5H3;(H2,6,7)/t;9?,10-;/m.1./s1. The minimum atomic E-state index is -4.86. The Morgan fingerprint density at radius 3 is 2.40 bits per heavy atom. The van der Waals surface area contributed by atoms with Crippen molar-refractivity contribution in [2.24, 2.45) is 17.1 Å². The number of hydrogen-bond acceptors (Lipinski definition) is 9. The second kappa shape index (κ2) is 17.7. The summed E-state index contributed by atoms with van der Waals surface area (Å²) in [4.78, 5) is 41.9. The van der Waals surface area contributed by atoms with E-state index in [4.69, 9.17) is 25.4 Å². The quantitative estimate of drug-likeness (QED) is 0.226. The minimum Gasteiger partial charge on any atom is -0.474 e. The monoisotopic (exact) mass is 636 g/mol. The number of pyridine rings is 2. The lowest BCUT2D eigenvalue weighted by Gasteiger charge is -2.22. The first-order valence-electron chi connectivity index (χ1n) is 13.7. The van der Waals surface area contributed by atoms with Crippen molar-refractivity contribution in [2.45, 2.75) is 52.4 Å². The van der Waals surface area contributed by atoms with Gasteiger partial charge in [0.25, 0.3) is 0 Å². The lowest BCUT2D eigenvalue weighted by molar-refractivity contribution is -0.169. The normalized spacial score (nSPS) is 16.4. The first-order chi connectivity index (χ1) is 21.1. The van der Waals surface area contributed by atoms with Crippen LogP contribution in [-0.4, -0.2) is 85.9 Å². The Morgan fingerprint density at radius 2 is 1.93 bits per heavy atom. The van der Waals surface area contributed by atoms with E-state index in [-0.39, 0.29) is 23.3 Å². The predicted molar refractivity (Wildman–Crippen MR) is 158 cm³/mol. The molecule has 3 heterocycles. The summed E-state index contributed by atoms with van der Waals surface area (Å²) in [6, 6.07) is 1.13. The number of terminal acetylenes is 1. The van der Waals surface area contributed by atoms with Gasteiger partial charge in [0.1, 0.15) is 12.6 Å². The molecule has 3 atom stereocenters. The van der Waals surface area contributed by atoms with Crippen molar-refractivity contribution in [1.82, 2.24) is 20.2 Å². The van der Waals surface area contributed by atoms with Gasteiger partial charge < -0.3 is 30.2 Å². The lowest BCUT2D eigenvalue weighted by Crippen LogP contribution is -2.32. The van der Waals surface area contributed by atoms with E-state index >= 15 is 0 Å². The van der Waals surface area contributed by atoms with Crippen LogP contribution in [0.2, 0.25) is 0 Å². The highest BCUT2D eigenvalue weighted by Crippen LogP contribution is 2.35. The van der Waals surface area contributed by atoms with Gasteiger partial charge >= 0.3 is 12.1 Å². The number of nitrogens with zero attached hydrogens (tertiary/aromatic N) is 4. The van der Waals surface area contributed by atoms with E-state index in [0.29, 0.717) is 53.9 Å². The third-order valence-corrected chi connectivity index (χ3v) is 7.06. The van der Waals surface area contributed by atoms with Gasteiger partial charge in [-0.15, -0.1) is 6.42 Å². The molecule has 3 amide bonds. The fourth-order valence-electron chi connectivity index (χ4n) is 4.07. The number of primary amides is 1. The van der Waals surface area contributed by atoms with Crippen LogP contribution in [0.15, 0.2) is 18.6 Å². The molecule has 1 saturated heterocycles. The Kier molecular flexibility index (Phi) is 15.2. The maximum atomic E-state index is 11.9. The molecule has 0 saturated carbocycles. The fraction of sp³-hybridized carbons (Fsp3) is 0.533. The van der Waals surface area contributed by atoms with E-state index in [1.54, 1.807) is 26.6 Å². The number of likely N-dealkylation sites (tertiary alicyclic amines) is 1. The summed E-state index contributed by atoms with van der Waals surface area (Å²) in [5.74, 6) is 1.37. The van der Waals surface area contributed by atoms with Crippen LogP contribution in [-0.2, 0) is 23.9 Å². The number of nitrogens with two attached hydrogens (primary N) is 1. The van der Waals surface area contributed by atoms with Crippen molar-refractivity contribution >= 4 is 29.0 Å². The maximum absolute atomic E-state index is 11.9. The summed E-state index contributed by atoms with van der Waals surface area (Å²) in [7, 11) is 3.21. The largest absolute Gasteiger partial charge is 0.474 e. The molecule has 0 bridgehead atoms. The molecule has 1 aliphatic rings.